The summed E-state index contributed by atoms with van der Waals surface area (Å²) in [5.74, 6) is 0.451. The van der Waals surface area contributed by atoms with E-state index in [-0.39, 0.29) is 6.61 Å². The minimum Gasteiger partial charge on any atom is -0.487 e. The van der Waals surface area contributed by atoms with Crippen LogP contribution in [0.5, 0.6) is 5.75 Å². The molecule has 0 bridgehead atoms. The Hall–Kier alpha value is -2.80. The standard InChI is InChI=1S/C19H23N3O4/c1-11-15(18(20)24)16-13(26-11)5-6-14(17(16)19(2,3)10-23)25-9-12-7-8-21-22(12)4/h5-8,23H,9-10H2,1-4H3,(H2,20,24). The van der Waals surface area contributed by atoms with Crippen molar-refractivity contribution < 1.29 is 19.1 Å². The third kappa shape index (κ3) is 2.94. The first-order valence-corrected chi connectivity index (χ1v) is 8.33. The van der Waals surface area contributed by atoms with Gasteiger partial charge in [0.2, 0.25) is 0 Å². The van der Waals surface area contributed by atoms with E-state index in [1.165, 1.54) is 0 Å². The highest BCUT2D eigenvalue weighted by molar-refractivity contribution is 6.08. The number of nitrogens with zero attached hydrogens (tertiary/aromatic N) is 2. The molecule has 0 aliphatic carbocycles. The quantitative estimate of drug-likeness (QED) is 0.705. The fraction of sp³-hybridized carbons (Fsp3) is 0.368. The number of benzene rings is 1. The van der Waals surface area contributed by atoms with Gasteiger partial charge in [-0.2, -0.15) is 5.10 Å². The van der Waals surface area contributed by atoms with Gasteiger partial charge in [-0.15, -0.1) is 0 Å². The second-order valence-corrected chi connectivity index (χ2v) is 6.99. The van der Waals surface area contributed by atoms with Gasteiger partial charge in [-0.3, -0.25) is 9.48 Å². The summed E-state index contributed by atoms with van der Waals surface area (Å²) in [7, 11) is 1.84. The highest BCUT2D eigenvalue weighted by Crippen LogP contribution is 2.41. The number of hydrogen-bond donors (Lipinski definition) is 2. The molecule has 0 saturated heterocycles. The Morgan fingerprint density at radius 1 is 1.38 bits per heavy atom. The second-order valence-electron chi connectivity index (χ2n) is 6.99. The average Bonchev–Trinajstić information content (AvgIpc) is 3.14. The van der Waals surface area contributed by atoms with E-state index in [1.807, 2.05) is 27.0 Å². The zero-order chi connectivity index (χ0) is 19.1. The number of rotatable bonds is 6. The van der Waals surface area contributed by atoms with Gasteiger partial charge >= 0.3 is 0 Å². The Bertz CT molecular complexity index is 969. The molecule has 3 aromatic rings. The predicted molar refractivity (Wildman–Crippen MR) is 97.1 cm³/mol. The van der Waals surface area contributed by atoms with Crippen LogP contribution in [0, 0.1) is 6.92 Å². The number of ether oxygens (including phenoxy) is 1. The van der Waals surface area contributed by atoms with Gasteiger partial charge in [-0.25, -0.2) is 0 Å². The van der Waals surface area contributed by atoms with E-state index < -0.39 is 11.3 Å². The van der Waals surface area contributed by atoms with Gasteiger partial charge in [0, 0.05) is 29.6 Å². The van der Waals surface area contributed by atoms with Crippen LogP contribution in [0.2, 0.25) is 0 Å². The Kier molecular flexibility index (Phi) is 4.50. The molecular formula is C19H23N3O4. The fourth-order valence-corrected chi connectivity index (χ4v) is 3.15. The van der Waals surface area contributed by atoms with Gasteiger partial charge in [0.05, 0.1) is 17.9 Å². The van der Waals surface area contributed by atoms with E-state index in [9.17, 15) is 9.90 Å². The maximum absolute atomic E-state index is 12.0. The van der Waals surface area contributed by atoms with Gasteiger partial charge in [-0.1, -0.05) is 13.8 Å². The summed E-state index contributed by atoms with van der Waals surface area (Å²) in [5, 5.41) is 14.7. The number of nitrogens with two attached hydrogens (primary N) is 1. The van der Waals surface area contributed by atoms with Crippen LogP contribution >= 0.6 is 0 Å². The molecule has 0 spiro atoms. The monoisotopic (exact) mass is 357 g/mol. The van der Waals surface area contributed by atoms with E-state index in [2.05, 4.69) is 5.10 Å². The third-order valence-corrected chi connectivity index (χ3v) is 4.61. The summed E-state index contributed by atoms with van der Waals surface area (Å²) in [5.41, 5.74) is 7.38. The van der Waals surface area contributed by atoms with Crippen LogP contribution in [0.25, 0.3) is 11.0 Å². The van der Waals surface area contributed by atoms with Crippen molar-refractivity contribution in [3.05, 3.63) is 47.0 Å². The number of carbonyl (C=O) groups is 1. The molecule has 0 saturated carbocycles. The molecule has 138 valence electrons. The first kappa shape index (κ1) is 18.0. The summed E-state index contributed by atoms with van der Waals surface area (Å²) < 4.78 is 13.5. The van der Waals surface area contributed by atoms with Crippen molar-refractivity contribution in [2.45, 2.75) is 32.8 Å². The summed E-state index contributed by atoms with van der Waals surface area (Å²) >= 11 is 0. The molecule has 1 amide bonds. The smallest absolute Gasteiger partial charge is 0.252 e. The molecule has 7 heteroatoms. The van der Waals surface area contributed by atoms with E-state index in [4.69, 9.17) is 14.9 Å². The number of carbonyl (C=O) groups excluding carboxylic acids is 1. The maximum atomic E-state index is 12.0. The number of aliphatic hydroxyl groups excluding tert-OH is 1. The summed E-state index contributed by atoms with van der Waals surface area (Å²) in [6, 6.07) is 5.41. The zero-order valence-electron chi connectivity index (χ0n) is 15.4. The van der Waals surface area contributed by atoms with Crippen molar-refractivity contribution in [1.82, 2.24) is 9.78 Å². The van der Waals surface area contributed by atoms with Gasteiger partial charge in [0.1, 0.15) is 23.7 Å². The molecule has 7 nitrogen and oxygen atoms in total. The van der Waals surface area contributed by atoms with Crippen LogP contribution < -0.4 is 10.5 Å². The van der Waals surface area contributed by atoms with Crippen LogP contribution in [0.1, 0.15) is 41.2 Å². The molecule has 0 fully saturated rings. The van der Waals surface area contributed by atoms with Crippen LogP contribution in [-0.2, 0) is 19.1 Å². The molecule has 2 heterocycles. The zero-order valence-corrected chi connectivity index (χ0v) is 15.4. The molecule has 0 unspecified atom stereocenters. The minimum absolute atomic E-state index is 0.128. The molecule has 2 aromatic heterocycles. The number of aliphatic hydroxyl groups is 1. The molecule has 0 aliphatic heterocycles. The molecular weight excluding hydrogens is 334 g/mol. The van der Waals surface area contributed by atoms with Crippen molar-refractivity contribution in [1.29, 1.82) is 0 Å². The van der Waals surface area contributed by atoms with Crippen LogP contribution in [0.15, 0.2) is 28.8 Å². The number of aryl methyl sites for hydroxylation is 2. The number of furan rings is 1. The largest absolute Gasteiger partial charge is 0.487 e. The van der Waals surface area contributed by atoms with Crippen molar-refractivity contribution in [3.8, 4) is 5.75 Å². The lowest BCUT2D eigenvalue weighted by Gasteiger charge is -2.26. The second kappa shape index (κ2) is 6.49. The fourth-order valence-electron chi connectivity index (χ4n) is 3.15. The Morgan fingerprint density at radius 2 is 2.12 bits per heavy atom. The highest BCUT2D eigenvalue weighted by Gasteiger charge is 2.31. The number of primary amides is 1. The lowest BCUT2D eigenvalue weighted by molar-refractivity contribution is 0.1000. The number of aromatic nitrogens is 2. The molecule has 1 aromatic carbocycles. The summed E-state index contributed by atoms with van der Waals surface area (Å²) in [6.07, 6.45) is 1.70. The van der Waals surface area contributed by atoms with Gasteiger partial charge < -0.3 is 20.0 Å². The van der Waals surface area contributed by atoms with Crippen LogP contribution in [-0.4, -0.2) is 27.4 Å². The average molecular weight is 357 g/mol. The van der Waals surface area contributed by atoms with Crippen LogP contribution in [0.3, 0.4) is 0 Å². The van der Waals surface area contributed by atoms with Gasteiger partial charge in [0.15, 0.2) is 0 Å². The molecule has 26 heavy (non-hydrogen) atoms. The summed E-state index contributed by atoms with van der Waals surface area (Å²) in [4.78, 5) is 12.0. The molecule has 0 radical (unpaired) electrons. The molecule has 3 N–H and O–H groups in total. The van der Waals surface area contributed by atoms with Crippen molar-refractivity contribution >= 4 is 16.9 Å². The Morgan fingerprint density at radius 3 is 2.69 bits per heavy atom. The van der Waals surface area contributed by atoms with E-state index in [0.29, 0.717) is 40.2 Å². The predicted octanol–water partition coefficient (Wildman–Crippen LogP) is 2.42. The molecule has 3 rings (SSSR count). The first-order valence-electron chi connectivity index (χ1n) is 8.33. The SMILES string of the molecule is Cc1oc2ccc(OCc3ccnn3C)c(C(C)(C)CO)c2c1C(N)=O. The number of hydrogen-bond acceptors (Lipinski definition) is 5. The lowest BCUT2D eigenvalue weighted by Crippen LogP contribution is -2.24. The highest BCUT2D eigenvalue weighted by atomic mass is 16.5. The van der Waals surface area contributed by atoms with Crippen molar-refractivity contribution in [3.63, 3.8) is 0 Å². The molecule has 0 atom stereocenters. The summed E-state index contributed by atoms with van der Waals surface area (Å²) in [6.45, 7) is 5.64. The van der Waals surface area contributed by atoms with Gasteiger partial charge in [-0.05, 0) is 25.1 Å². The van der Waals surface area contributed by atoms with Crippen molar-refractivity contribution in [2.24, 2.45) is 12.8 Å². The Balaban J connectivity index is 2.19. The minimum atomic E-state index is -0.665. The normalized spacial score (nSPS) is 11.9. The lowest BCUT2D eigenvalue weighted by atomic mass is 9.81. The number of amides is 1. The van der Waals surface area contributed by atoms with Crippen molar-refractivity contribution in [2.75, 3.05) is 6.61 Å². The van der Waals surface area contributed by atoms with Crippen LogP contribution in [0.4, 0.5) is 0 Å². The Labute approximate surface area is 151 Å². The van der Waals surface area contributed by atoms with E-state index in [0.717, 1.165) is 5.69 Å². The first-order chi connectivity index (χ1) is 12.3. The van der Waals surface area contributed by atoms with Gasteiger partial charge in [0.25, 0.3) is 5.91 Å². The topological polar surface area (TPSA) is 104 Å². The maximum Gasteiger partial charge on any atom is 0.252 e. The van der Waals surface area contributed by atoms with E-state index >= 15 is 0 Å². The molecule has 0 aliphatic rings. The van der Waals surface area contributed by atoms with E-state index in [1.54, 1.807) is 29.9 Å². The number of fused-ring (bicyclic) bond motifs is 1. The third-order valence-electron chi connectivity index (χ3n) is 4.61.